The van der Waals surface area contributed by atoms with Crippen LogP contribution in [0.1, 0.15) is 38.5 Å². The van der Waals surface area contributed by atoms with E-state index in [4.69, 9.17) is 0 Å². The Bertz CT molecular complexity index is 299. The predicted molar refractivity (Wildman–Crippen MR) is 58.8 cm³/mol. The van der Waals surface area contributed by atoms with Crippen LogP contribution < -0.4 is 0 Å². The predicted octanol–water partition coefficient (Wildman–Crippen LogP) is 0.729. The first kappa shape index (κ1) is 11.6. The fourth-order valence-electron chi connectivity index (χ4n) is 2.69. The second-order valence-corrected chi connectivity index (χ2v) is 5.27. The lowest BCUT2D eigenvalue weighted by Gasteiger charge is -2.33. The Morgan fingerprint density at radius 1 is 1.44 bits per heavy atom. The standard InChI is InChI=1S/C12H19NO3/c1-13(8-12(16)4-2-3-5-12)11(15)9-6-10(14)7-9/h9,16H,2-8H2,1H3. The first-order chi connectivity index (χ1) is 7.50. The summed E-state index contributed by atoms with van der Waals surface area (Å²) in [4.78, 5) is 24.3. The smallest absolute Gasteiger partial charge is 0.226 e. The second-order valence-electron chi connectivity index (χ2n) is 5.27. The van der Waals surface area contributed by atoms with Gasteiger partial charge in [0.25, 0.3) is 0 Å². The number of aliphatic hydroxyl groups is 1. The van der Waals surface area contributed by atoms with Crippen molar-refractivity contribution in [1.82, 2.24) is 4.90 Å². The van der Waals surface area contributed by atoms with Crippen LogP contribution in [0.2, 0.25) is 0 Å². The van der Waals surface area contributed by atoms with Crippen LogP contribution in [0.25, 0.3) is 0 Å². The van der Waals surface area contributed by atoms with Gasteiger partial charge in [-0.2, -0.15) is 0 Å². The molecule has 1 N–H and O–H groups in total. The van der Waals surface area contributed by atoms with Crippen molar-refractivity contribution in [3.8, 4) is 0 Å². The van der Waals surface area contributed by atoms with Gasteiger partial charge in [0.2, 0.25) is 5.91 Å². The van der Waals surface area contributed by atoms with Gasteiger partial charge in [0.05, 0.1) is 11.5 Å². The number of carbonyl (C=O) groups excluding carboxylic acids is 2. The van der Waals surface area contributed by atoms with E-state index in [0.29, 0.717) is 19.4 Å². The SMILES string of the molecule is CN(CC1(O)CCCC1)C(=O)C1CC(=O)C1. The third-order valence-corrected chi connectivity index (χ3v) is 3.74. The van der Waals surface area contributed by atoms with E-state index in [-0.39, 0.29) is 17.6 Å². The maximum atomic E-state index is 11.9. The van der Waals surface area contributed by atoms with Gasteiger partial charge in [0.15, 0.2) is 0 Å². The molecule has 4 heteroatoms. The highest BCUT2D eigenvalue weighted by Gasteiger charge is 2.38. The molecular formula is C12H19NO3. The summed E-state index contributed by atoms with van der Waals surface area (Å²) in [5.41, 5.74) is -0.682. The molecule has 0 spiro atoms. The molecule has 90 valence electrons. The summed E-state index contributed by atoms with van der Waals surface area (Å²) in [6.45, 7) is 0.413. The number of nitrogens with zero attached hydrogens (tertiary/aromatic N) is 1. The Kier molecular flexibility index (Phi) is 3.02. The average molecular weight is 225 g/mol. The third kappa shape index (κ3) is 2.26. The Balaban J connectivity index is 1.85. The number of hydrogen-bond acceptors (Lipinski definition) is 3. The molecule has 2 rings (SSSR count). The number of rotatable bonds is 3. The van der Waals surface area contributed by atoms with Gasteiger partial charge in [-0.25, -0.2) is 0 Å². The third-order valence-electron chi connectivity index (χ3n) is 3.74. The van der Waals surface area contributed by atoms with Crippen molar-refractivity contribution in [3.05, 3.63) is 0 Å². The largest absolute Gasteiger partial charge is 0.388 e. The molecule has 0 aromatic carbocycles. The molecule has 0 atom stereocenters. The fourth-order valence-corrected chi connectivity index (χ4v) is 2.69. The van der Waals surface area contributed by atoms with Gasteiger partial charge in [-0.15, -0.1) is 0 Å². The molecule has 0 aliphatic heterocycles. The van der Waals surface area contributed by atoms with E-state index in [1.54, 1.807) is 11.9 Å². The Morgan fingerprint density at radius 2 is 2.00 bits per heavy atom. The molecular weight excluding hydrogens is 206 g/mol. The minimum atomic E-state index is -0.682. The van der Waals surface area contributed by atoms with Gasteiger partial charge >= 0.3 is 0 Å². The summed E-state index contributed by atoms with van der Waals surface area (Å²) in [6, 6.07) is 0. The van der Waals surface area contributed by atoms with Crippen molar-refractivity contribution in [1.29, 1.82) is 0 Å². The summed E-state index contributed by atoms with van der Waals surface area (Å²) in [6.07, 6.45) is 4.44. The molecule has 1 amide bonds. The highest BCUT2D eigenvalue weighted by molar-refractivity contribution is 5.96. The molecule has 0 aromatic rings. The topological polar surface area (TPSA) is 57.6 Å². The maximum absolute atomic E-state index is 11.9. The van der Waals surface area contributed by atoms with E-state index in [1.807, 2.05) is 0 Å². The Labute approximate surface area is 95.6 Å². The fraction of sp³-hybridized carbons (Fsp3) is 0.833. The van der Waals surface area contributed by atoms with Gasteiger partial charge in [-0.05, 0) is 12.8 Å². The molecule has 0 radical (unpaired) electrons. The lowest BCUT2D eigenvalue weighted by molar-refractivity contribution is -0.146. The van der Waals surface area contributed by atoms with Gasteiger partial charge in [0, 0.05) is 26.4 Å². The number of amides is 1. The number of carbonyl (C=O) groups is 2. The molecule has 2 aliphatic carbocycles. The van der Waals surface area contributed by atoms with Gasteiger partial charge < -0.3 is 10.0 Å². The van der Waals surface area contributed by atoms with Crippen molar-refractivity contribution < 1.29 is 14.7 Å². The summed E-state index contributed by atoms with van der Waals surface area (Å²) < 4.78 is 0. The Morgan fingerprint density at radius 3 is 2.50 bits per heavy atom. The average Bonchev–Trinajstić information content (AvgIpc) is 2.59. The molecule has 4 nitrogen and oxygen atoms in total. The zero-order valence-electron chi connectivity index (χ0n) is 9.74. The van der Waals surface area contributed by atoms with Crippen molar-refractivity contribution in [2.75, 3.05) is 13.6 Å². The highest BCUT2D eigenvalue weighted by atomic mass is 16.3. The van der Waals surface area contributed by atoms with Crippen molar-refractivity contribution in [3.63, 3.8) is 0 Å². The van der Waals surface area contributed by atoms with Gasteiger partial charge in [0.1, 0.15) is 5.78 Å². The lowest BCUT2D eigenvalue weighted by Crippen LogP contribution is -2.46. The molecule has 0 unspecified atom stereocenters. The minimum Gasteiger partial charge on any atom is -0.388 e. The van der Waals surface area contributed by atoms with Crippen molar-refractivity contribution in [2.45, 2.75) is 44.1 Å². The summed E-state index contributed by atoms with van der Waals surface area (Å²) >= 11 is 0. The van der Waals surface area contributed by atoms with Gasteiger partial charge in [-0.3, -0.25) is 9.59 Å². The Hall–Kier alpha value is -0.900. The zero-order valence-corrected chi connectivity index (χ0v) is 9.74. The lowest BCUT2D eigenvalue weighted by atomic mass is 9.83. The van der Waals surface area contributed by atoms with Crippen LogP contribution in [-0.2, 0) is 9.59 Å². The van der Waals surface area contributed by atoms with Crippen LogP contribution in [0.5, 0.6) is 0 Å². The number of ketones is 1. The molecule has 2 aliphatic rings. The summed E-state index contributed by atoms with van der Waals surface area (Å²) in [7, 11) is 1.72. The van der Waals surface area contributed by atoms with Crippen molar-refractivity contribution in [2.24, 2.45) is 5.92 Å². The quantitative estimate of drug-likeness (QED) is 0.770. The van der Waals surface area contributed by atoms with E-state index in [0.717, 1.165) is 25.7 Å². The highest BCUT2D eigenvalue weighted by Crippen LogP contribution is 2.31. The molecule has 2 fully saturated rings. The monoisotopic (exact) mass is 225 g/mol. The van der Waals surface area contributed by atoms with E-state index in [9.17, 15) is 14.7 Å². The first-order valence-corrected chi connectivity index (χ1v) is 5.99. The normalized spacial score (nSPS) is 24.2. The van der Waals surface area contributed by atoms with Crippen LogP contribution in [-0.4, -0.2) is 40.9 Å². The number of Topliss-reactive ketones (excluding diaryl/α,β-unsaturated/α-hetero) is 1. The van der Waals surface area contributed by atoms with E-state index in [2.05, 4.69) is 0 Å². The summed E-state index contributed by atoms with van der Waals surface area (Å²) in [5, 5.41) is 10.2. The molecule has 2 saturated carbocycles. The van der Waals surface area contributed by atoms with Crippen LogP contribution >= 0.6 is 0 Å². The van der Waals surface area contributed by atoms with Crippen LogP contribution in [0, 0.1) is 5.92 Å². The first-order valence-electron chi connectivity index (χ1n) is 5.99. The molecule has 0 saturated heterocycles. The van der Waals surface area contributed by atoms with E-state index in [1.165, 1.54) is 0 Å². The number of hydrogen-bond donors (Lipinski definition) is 1. The van der Waals surface area contributed by atoms with Gasteiger partial charge in [-0.1, -0.05) is 12.8 Å². The minimum absolute atomic E-state index is 0.0138. The molecule has 0 heterocycles. The number of likely N-dealkylation sites (N-methyl/N-ethyl adjacent to an activating group) is 1. The summed E-state index contributed by atoms with van der Waals surface area (Å²) in [5.74, 6) is 0.0637. The van der Waals surface area contributed by atoms with E-state index < -0.39 is 5.60 Å². The second kappa shape index (κ2) is 4.17. The molecule has 0 bridgehead atoms. The molecule has 16 heavy (non-hydrogen) atoms. The zero-order chi connectivity index (χ0) is 11.8. The van der Waals surface area contributed by atoms with E-state index >= 15 is 0 Å². The van der Waals surface area contributed by atoms with Crippen molar-refractivity contribution >= 4 is 11.7 Å². The molecule has 0 aromatic heterocycles. The van der Waals surface area contributed by atoms with Crippen LogP contribution in [0.4, 0.5) is 0 Å². The van der Waals surface area contributed by atoms with Crippen LogP contribution in [0.3, 0.4) is 0 Å². The van der Waals surface area contributed by atoms with Crippen LogP contribution in [0.15, 0.2) is 0 Å². The maximum Gasteiger partial charge on any atom is 0.226 e.